The molecule has 5 heteroatoms. The van der Waals surface area contributed by atoms with Crippen LogP contribution in [0.3, 0.4) is 0 Å². The standard InChI is InChI=1S/C28H32O5/c1-3-27(29)31-19-5-6-21-9-15-25(16-10-21)32-20-22-7-11-23(12-8-22)24-13-17-26(18-14-24)33-28(30)4-2/h3-4,7,9,11,13,15,17H,1-2,5-6,8,10,12,14,16,18-20H2. The molecule has 0 saturated heterocycles. The lowest BCUT2D eigenvalue weighted by atomic mass is 9.89. The maximum atomic E-state index is 11.3. The summed E-state index contributed by atoms with van der Waals surface area (Å²) in [6.07, 6.45) is 22.1. The van der Waals surface area contributed by atoms with Crippen LogP contribution in [0.1, 0.15) is 51.4 Å². The van der Waals surface area contributed by atoms with E-state index in [1.807, 2.05) is 6.08 Å². The van der Waals surface area contributed by atoms with Crippen LogP contribution in [0.5, 0.6) is 0 Å². The van der Waals surface area contributed by atoms with Crippen molar-refractivity contribution in [3.8, 4) is 0 Å². The number of carbonyl (C=O) groups is 2. The Morgan fingerprint density at radius 1 is 0.758 bits per heavy atom. The molecule has 0 saturated carbocycles. The highest BCUT2D eigenvalue weighted by molar-refractivity contribution is 5.82. The highest BCUT2D eigenvalue weighted by Gasteiger charge is 2.16. The minimum absolute atomic E-state index is 0.366. The van der Waals surface area contributed by atoms with Gasteiger partial charge in [-0.3, -0.25) is 0 Å². The van der Waals surface area contributed by atoms with Crippen LogP contribution in [0, 0.1) is 0 Å². The Hall–Kier alpha value is -3.34. The summed E-state index contributed by atoms with van der Waals surface area (Å²) in [5.41, 5.74) is 5.30. The number of allylic oxidation sites excluding steroid dienone is 11. The van der Waals surface area contributed by atoms with Crippen LogP contribution >= 0.6 is 0 Å². The number of esters is 2. The number of ether oxygens (including phenoxy) is 3. The van der Waals surface area contributed by atoms with Crippen molar-refractivity contribution in [2.75, 3.05) is 13.2 Å². The molecule has 0 heterocycles. The molecule has 0 unspecified atom stereocenters. The Morgan fingerprint density at radius 3 is 2.00 bits per heavy atom. The maximum Gasteiger partial charge on any atom is 0.335 e. The smallest absolute Gasteiger partial charge is 0.335 e. The SMILES string of the molecule is C=CC(=O)OCCCC1=CC=C(OCC2=CC=C(C3=CC=C(OC(=O)C=C)CC3)CC2)CC1. The summed E-state index contributed by atoms with van der Waals surface area (Å²) >= 11 is 0. The highest BCUT2D eigenvalue weighted by atomic mass is 16.5. The number of hydrogen-bond acceptors (Lipinski definition) is 5. The van der Waals surface area contributed by atoms with Crippen LogP contribution in [-0.4, -0.2) is 25.2 Å². The van der Waals surface area contributed by atoms with E-state index >= 15 is 0 Å². The monoisotopic (exact) mass is 448 g/mol. The van der Waals surface area contributed by atoms with Crippen molar-refractivity contribution in [1.29, 1.82) is 0 Å². The highest BCUT2D eigenvalue weighted by Crippen LogP contribution is 2.31. The van der Waals surface area contributed by atoms with E-state index in [1.54, 1.807) is 0 Å². The fraction of sp³-hybridized carbons (Fsp3) is 0.357. The van der Waals surface area contributed by atoms with Gasteiger partial charge in [-0.05, 0) is 67.4 Å². The summed E-state index contributed by atoms with van der Waals surface area (Å²) in [5, 5.41) is 0. The van der Waals surface area contributed by atoms with Gasteiger partial charge in [0.15, 0.2) is 0 Å². The third kappa shape index (κ3) is 7.94. The van der Waals surface area contributed by atoms with Gasteiger partial charge in [-0.2, -0.15) is 0 Å². The zero-order valence-corrected chi connectivity index (χ0v) is 19.1. The summed E-state index contributed by atoms with van der Waals surface area (Å²) in [4.78, 5) is 22.4. The fourth-order valence-electron chi connectivity index (χ4n) is 3.92. The molecular formula is C28H32O5. The Morgan fingerprint density at radius 2 is 1.39 bits per heavy atom. The van der Waals surface area contributed by atoms with Gasteiger partial charge in [0, 0.05) is 25.0 Å². The molecule has 174 valence electrons. The van der Waals surface area contributed by atoms with Crippen molar-refractivity contribution >= 4 is 11.9 Å². The van der Waals surface area contributed by atoms with Crippen LogP contribution in [0.2, 0.25) is 0 Å². The molecule has 0 radical (unpaired) electrons. The second-order valence-corrected chi connectivity index (χ2v) is 8.19. The zero-order chi connectivity index (χ0) is 23.5. The fourth-order valence-corrected chi connectivity index (χ4v) is 3.92. The molecule has 0 N–H and O–H groups in total. The number of rotatable bonds is 11. The van der Waals surface area contributed by atoms with Crippen molar-refractivity contribution in [2.24, 2.45) is 0 Å². The number of hydrogen-bond donors (Lipinski definition) is 0. The second kappa shape index (κ2) is 12.6. The first-order valence-electron chi connectivity index (χ1n) is 11.5. The predicted molar refractivity (Wildman–Crippen MR) is 129 cm³/mol. The summed E-state index contributed by atoms with van der Waals surface area (Å²) in [6.45, 7) is 7.87. The van der Waals surface area contributed by atoms with Gasteiger partial charge in [0.25, 0.3) is 0 Å². The van der Waals surface area contributed by atoms with Crippen LogP contribution in [0.15, 0.2) is 95.6 Å². The topological polar surface area (TPSA) is 61.8 Å². The molecule has 0 fully saturated rings. The van der Waals surface area contributed by atoms with Gasteiger partial charge in [0.05, 0.1) is 12.4 Å². The Bertz CT molecular complexity index is 968. The summed E-state index contributed by atoms with van der Waals surface area (Å²) in [5.74, 6) is 0.942. The van der Waals surface area contributed by atoms with Gasteiger partial charge >= 0.3 is 11.9 Å². The Kier molecular flexibility index (Phi) is 9.31. The zero-order valence-electron chi connectivity index (χ0n) is 19.1. The van der Waals surface area contributed by atoms with E-state index in [0.717, 1.165) is 57.1 Å². The summed E-state index contributed by atoms with van der Waals surface area (Å²) < 4.78 is 16.3. The van der Waals surface area contributed by atoms with Crippen LogP contribution in [0.4, 0.5) is 0 Å². The third-order valence-electron chi connectivity index (χ3n) is 5.85. The van der Waals surface area contributed by atoms with Crippen molar-refractivity contribution in [1.82, 2.24) is 0 Å². The maximum absolute atomic E-state index is 11.3. The van der Waals surface area contributed by atoms with E-state index < -0.39 is 5.97 Å². The molecule has 0 aromatic rings. The number of carbonyl (C=O) groups excluding carboxylic acids is 2. The lowest BCUT2D eigenvalue weighted by Gasteiger charge is -2.21. The molecule has 0 aromatic heterocycles. The minimum Gasteiger partial charge on any atom is -0.494 e. The minimum atomic E-state index is -0.408. The van der Waals surface area contributed by atoms with E-state index in [1.165, 1.54) is 34.4 Å². The molecule has 0 aromatic carbocycles. The summed E-state index contributed by atoms with van der Waals surface area (Å²) in [6, 6.07) is 0. The molecule has 5 nitrogen and oxygen atoms in total. The Labute approximate surface area is 196 Å². The average Bonchev–Trinajstić information content (AvgIpc) is 2.86. The molecule has 0 atom stereocenters. The van der Waals surface area contributed by atoms with E-state index in [-0.39, 0.29) is 5.97 Å². The van der Waals surface area contributed by atoms with Gasteiger partial charge < -0.3 is 14.2 Å². The average molecular weight is 449 g/mol. The molecule has 0 amide bonds. The van der Waals surface area contributed by atoms with Crippen molar-refractivity contribution < 1.29 is 23.8 Å². The first kappa shape index (κ1) is 24.3. The van der Waals surface area contributed by atoms with Crippen molar-refractivity contribution in [3.63, 3.8) is 0 Å². The Balaban J connectivity index is 1.43. The van der Waals surface area contributed by atoms with Gasteiger partial charge in [0.1, 0.15) is 12.4 Å². The van der Waals surface area contributed by atoms with Gasteiger partial charge in [-0.25, -0.2) is 9.59 Å². The first-order chi connectivity index (χ1) is 16.1. The van der Waals surface area contributed by atoms with E-state index in [4.69, 9.17) is 14.2 Å². The lowest BCUT2D eigenvalue weighted by molar-refractivity contribution is -0.138. The molecular weight excluding hydrogens is 416 g/mol. The largest absolute Gasteiger partial charge is 0.494 e. The van der Waals surface area contributed by atoms with Crippen LogP contribution < -0.4 is 0 Å². The van der Waals surface area contributed by atoms with Crippen molar-refractivity contribution in [3.05, 3.63) is 95.6 Å². The lowest BCUT2D eigenvalue weighted by Crippen LogP contribution is -2.07. The van der Waals surface area contributed by atoms with E-state index in [0.29, 0.717) is 19.0 Å². The van der Waals surface area contributed by atoms with Crippen LogP contribution in [0.25, 0.3) is 0 Å². The normalized spacial score (nSPS) is 17.8. The second-order valence-electron chi connectivity index (χ2n) is 8.19. The third-order valence-corrected chi connectivity index (χ3v) is 5.85. The van der Waals surface area contributed by atoms with E-state index in [9.17, 15) is 9.59 Å². The molecule has 0 spiro atoms. The molecule has 0 bridgehead atoms. The summed E-state index contributed by atoms with van der Waals surface area (Å²) in [7, 11) is 0. The predicted octanol–water partition coefficient (Wildman–Crippen LogP) is 6.10. The van der Waals surface area contributed by atoms with E-state index in [2.05, 4.69) is 43.5 Å². The molecule has 0 aliphatic heterocycles. The van der Waals surface area contributed by atoms with Gasteiger partial charge in [-0.15, -0.1) is 0 Å². The van der Waals surface area contributed by atoms with Crippen LogP contribution in [-0.2, 0) is 23.8 Å². The quantitative estimate of drug-likeness (QED) is 0.217. The molecule has 33 heavy (non-hydrogen) atoms. The van der Waals surface area contributed by atoms with Gasteiger partial charge in [-0.1, -0.05) is 43.0 Å². The van der Waals surface area contributed by atoms with Gasteiger partial charge in [0.2, 0.25) is 0 Å². The first-order valence-corrected chi connectivity index (χ1v) is 11.5. The molecule has 3 aliphatic rings. The molecule has 3 aliphatic carbocycles. The molecule has 3 rings (SSSR count). The van der Waals surface area contributed by atoms with Crippen molar-refractivity contribution in [2.45, 2.75) is 51.4 Å².